The number of carbonyl (C=O) groups excluding carboxylic acids is 1. The lowest BCUT2D eigenvalue weighted by Gasteiger charge is -2.41. The maximum absolute atomic E-state index is 11.5. The molecule has 0 aliphatic heterocycles. The lowest BCUT2D eigenvalue weighted by atomic mass is 9.78. The molecule has 0 aromatic carbocycles. The zero-order valence-electron chi connectivity index (χ0n) is 14.0. The topological polar surface area (TPSA) is 55.1 Å². The highest BCUT2D eigenvalue weighted by molar-refractivity contribution is 5.80. The molecule has 3 nitrogen and oxygen atoms in total. The third-order valence-electron chi connectivity index (χ3n) is 3.63. The fourth-order valence-corrected chi connectivity index (χ4v) is 3.03. The van der Waals surface area contributed by atoms with Gasteiger partial charge in [0.1, 0.15) is 0 Å². The van der Waals surface area contributed by atoms with Crippen molar-refractivity contribution in [3.8, 4) is 0 Å². The van der Waals surface area contributed by atoms with E-state index in [2.05, 4.69) is 39.9 Å². The van der Waals surface area contributed by atoms with Crippen LogP contribution in [0.1, 0.15) is 80.6 Å². The van der Waals surface area contributed by atoms with E-state index in [9.17, 15) is 4.79 Å². The number of nitrogens with two attached hydrogens (primary N) is 1. The van der Waals surface area contributed by atoms with E-state index in [1.165, 1.54) is 19.3 Å². The van der Waals surface area contributed by atoms with Crippen LogP contribution in [-0.2, 0) is 4.79 Å². The fraction of sp³-hybridized carbons (Fsp3) is 0.938. The van der Waals surface area contributed by atoms with Crippen LogP contribution in [0.4, 0.5) is 0 Å². The Balaban J connectivity index is 4.53. The maximum Gasteiger partial charge on any atom is 0.223 e. The smallest absolute Gasteiger partial charge is 0.223 e. The normalized spacial score (nSPS) is 13.6. The van der Waals surface area contributed by atoms with E-state index < -0.39 is 5.41 Å². The minimum Gasteiger partial charge on any atom is -0.369 e. The van der Waals surface area contributed by atoms with Crippen LogP contribution in [0.15, 0.2) is 0 Å². The summed E-state index contributed by atoms with van der Waals surface area (Å²) >= 11 is 0. The van der Waals surface area contributed by atoms with Crippen molar-refractivity contribution < 1.29 is 4.79 Å². The van der Waals surface area contributed by atoms with Crippen molar-refractivity contribution >= 4 is 5.91 Å². The van der Waals surface area contributed by atoms with Gasteiger partial charge in [-0.05, 0) is 40.5 Å². The molecule has 0 aromatic heterocycles. The first-order valence-corrected chi connectivity index (χ1v) is 7.51. The number of carbonyl (C=O) groups is 1. The Kier molecular flexibility index (Phi) is 6.53. The minimum absolute atomic E-state index is 0.0897. The molecule has 0 spiro atoms. The van der Waals surface area contributed by atoms with E-state index in [0.717, 1.165) is 12.8 Å². The largest absolute Gasteiger partial charge is 0.369 e. The average Bonchev–Trinajstić information content (AvgIpc) is 2.13. The zero-order valence-corrected chi connectivity index (χ0v) is 14.0. The molecule has 0 atom stereocenters. The SMILES string of the molecule is CCCCCC(C)(C)NC(C)(C)CC(C)(C)C(N)=O. The highest BCUT2D eigenvalue weighted by Crippen LogP contribution is 2.30. The van der Waals surface area contributed by atoms with Gasteiger partial charge in [0.25, 0.3) is 0 Å². The van der Waals surface area contributed by atoms with Crippen LogP contribution in [0.25, 0.3) is 0 Å². The molecule has 0 radical (unpaired) electrons. The van der Waals surface area contributed by atoms with Gasteiger partial charge in [-0.3, -0.25) is 4.79 Å². The molecule has 19 heavy (non-hydrogen) atoms. The number of hydrogen-bond donors (Lipinski definition) is 2. The van der Waals surface area contributed by atoms with E-state index >= 15 is 0 Å². The minimum atomic E-state index is -0.476. The zero-order chi connectivity index (χ0) is 15.3. The predicted molar refractivity (Wildman–Crippen MR) is 83.0 cm³/mol. The van der Waals surface area contributed by atoms with Gasteiger partial charge in [0.2, 0.25) is 5.91 Å². The second-order valence-corrected chi connectivity index (χ2v) is 7.77. The van der Waals surface area contributed by atoms with E-state index in [1.54, 1.807) is 0 Å². The van der Waals surface area contributed by atoms with Crippen molar-refractivity contribution in [2.75, 3.05) is 0 Å². The first-order chi connectivity index (χ1) is 8.42. The molecule has 0 bridgehead atoms. The first-order valence-electron chi connectivity index (χ1n) is 7.51. The molecule has 0 aliphatic carbocycles. The van der Waals surface area contributed by atoms with E-state index in [-0.39, 0.29) is 17.0 Å². The lowest BCUT2D eigenvalue weighted by molar-refractivity contribution is -0.127. The van der Waals surface area contributed by atoms with Crippen LogP contribution >= 0.6 is 0 Å². The number of rotatable bonds is 9. The van der Waals surface area contributed by atoms with Gasteiger partial charge in [-0.25, -0.2) is 0 Å². The third-order valence-corrected chi connectivity index (χ3v) is 3.63. The molecule has 0 unspecified atom stereocenters. The maximum atomic E-state index is 11.5. The summed E-state index contributed by atoms with van der Waals surface area (Å²) in [6.45, 7) is 14.8. The Morgan fingerprint density at radius 2 is 1.53 bits per heavy atom. The van der Waals surface area contributed by atoms with Crippen LogP contribution in [0.2, 0.25) is 0 Å². The van der Waals surface area contributed by atoms with Gasteiger partial charge in [-0.2, -0.15) is 0 Å². The van der Waals surface area contributed by atoms with Gasteiger partial charge < -0.3 is 11.1 Å². The highest BCUT2D eigenvalue weighted by atomic mass is 16.1. The number of unbranched alkanes of at least 4 members (excludes halogenated alkanes) is 2. The summed E-state index contributed by atoms with van der Waals surface area (Å²) in [6, 6.07) is 0. The molecule has 0 heterocycles. The van der Waals surface area contributed by atoms with Crippen molar-refractivity contribution in [3.05, 3.63) is 0 Å². The molecular weight excluding hydrogens is 236 g/mol. The molecule has 3 heteroatoms. The highest BCUT2D eigenvalue weighted by Gasteiger charge is 2.35. The number of primary amides is 1. The molecular formula is C16H34N2O. The van der Waals surface area contributed by atoms with Crippen molar-refractivity contribution in [1.82, 2.24) is 5.32 Å². The number of nitrogens with one attached hydrogen (secondary N) is 1. The summed E-state index contributed by atoms with van der Waals surface area (Å²) in [7, 11) is 0. The van der Waals surface area contributed by atoms with E-state index in [4.69, 9.17) is 5.73 Å². The predicted octanol–water partition coefficient (Wildman–Crippen LogP) is 3.62. The Labute approximate surface area is 119 Å². The second kappa shape index (κ2) is 6.74. The Morgan fingerprint density at radius 1 is 1.00 bits per heavy atom. The molecule has 0 saturated carbocycles. The van der Waals surface area contributed by atoms with Gasteiger partial charge in [-0.1, -0.05) is 40.0 Å². The second-order valence-electron chi connectivity index (χ2n) is 7.77. The molecule has 1 amide bonds. The van der Waals surface area contributed by atoms with Crippen LogP contribution in [0.3, 0.4) is 0 Å². The quantitative estimate of drug-likeness (QED) is 0.629. The summed E-state index contributed by atoms with van der Waals surface area (Å²) in [5.74, 6) is -0.230. The number of hydrogen-bond acceptors (Lipinski definition) is 2. The van der Waals surface area contributed by atoms with Crippen molar-refractivity contribution in [2.45, 2.75) is 91.6 Å². The molecule has 0 rings (SSSR count). The molecule has 0 fully saturated rings. The lowest BCUT2D eigenvalue weighted by Crippen LogP contribution is -2.54. The molecule has 0 aromatic rings. The first kappa shape index (κ1) is 18.4. The Hall–Kier alpha value is -0.570. The van der Waals surface area contributed by atoms with E-state index in [1.807, 2.05) is 13.8 Å². The van der Waals surface area contributed by atoms with Crippen molar-refractivity contribution in [2.24, 2.45) is 11.1 Å². The molecule has 0 saturated heterocycles. The summed E-state index contributed by atoms with van der Waals surface area (Å²) < 4.78 is 0. The van der Waals surface area contributed by atoms with Gasteiger partial charge >= 0.3 is 0 Å². The Morgan fingerprint density at radius 3 is 1.95 bits per heavy atom. The monoisotopic (exact) mass is 270 g/mol. The average molecular weight is 270 g/mol. The fourth-order valence-electron chi connectivity index (χ4n) is 3.03. The van der Waals surface area contributed by atoms with Crippen LogP contribution in [0.5, 0.6) is 0 Å². The Bertz CT molecular complexity index is 293. The van der Waals surface area contributed by atoms with Crippen LogP contribution in [0, 0.1) is 5.41 Å². The number of amides is 1. The van der Waals surface area contributed by atoms with Crippen LogP contribution in [-0.4, -0.2) is 17.0 Å². The summed E-state index contributed by atoms with van der Waals surface area (Å²) in [6.07, 6.45) is 5.66. The standard InChI is InChI=1S/C16H34N2O/c1-8-9-10-11-15(4,5)18-16(6,7)12-14(2,3)13(17)19/h18H,8-12H2,1-7H3,(H2,17,19). The van der Waals surface area contributed by atoms with E-state index in [0.29, 0.717) is 0 Å². The van der Waals surface area contributed by atoms with Gasteiger partial charge in [0.05, 0.1) is 0 Å². The molecule has 3 N–H and O–H groups in total. The van der Waals surface area contributed by atoms with Gasteiger partial charge in [0, 0.05) is 16.5 Å². The molecule has 114 valence electrons. The van der Waals surface area contributed by atoms with Crippen molar-refractivity contribution in [1.29, 1.82) is 0 Å². The summed E-state index contributed by atoms with van der Waals surface area (Å²) in [4.78, 5) is 11.5. The van der Waals surface area contributed by atoms with Gasteiger partial charge in [-0.15, -0.1) is 0 Å². The third kappa shape index (κ3) is 7.56. The van der Waals surface area contributed by atoms with Crippen LogP contribution < -0.4 is 11.1 Å². The van der Waals surface area contributed by atoms with Crippen molar-refractivity contribution in [3.63, 3.8) is 0 Å². The summed E-state index contributed by atoms with van der Waals surface area (Å²) in [5.41, 5.74) is 4.98. The summed E-state index contributed by atoms with van der Waals surface area (Å²) in [5, 5.41) is 3.69. The van der Waals surface area contributed by atoms with Gasteiger partial charge in [0.15, 0.2) is 0 Å². The molecule has 0 aliphatic rings.